The number of aliphatic hydroxyl groups excluding tert-OH is 1. The van der Waals surface area contributed by atoms with Crippen molar-refractivity contribution in [3.63, 3.8) is 0 Å². The van der Waals surface area contributed by atoms with Crippen LogP contribution < -0.4 is 9.46 Å². The lowest BCUT2D eigenvalue weighted by molar-refractivity contribution is -0.0603. The lowest BCUT2D eigenvalue weighted by atomic mass is 9.86. The zero-order chi connectivity index (χ0) is 29.9. The Hall–Kier alpha value is -3.50. The smallest absolute Gasteiger partial charge is 0.253 e. The number of piperazine rings is 1. The van der Waals surface area contributed by atoms with Gasteiger partial charge in [0.1, 0.15) is 17.5 Å². The zero-order valence-electron chi connectivity index (χ0n) is 24.4. The molecule has 0 saturated carbocycles. The molecule has 0 unspecified atom stereocenters. The van der Waals surface area contributed by atoms with Crippen molar-refractivity contribution in [3.05, 3.63) is 101 Å². The summed E-state index contributed by atoms with van der Waals surface area (Å²) < 4.78 is 35.5. The van der Waals surface area contributed by atoms with Gasteiger partial charge in [0, 0.05) is 43.9 Å². The standard InChI is InChI=1S/C33H39N3O5S/c1-4-24-12-15-27(16-13-24)42(39,40)34-30-28-23-26(14-17-29(28)41-33(2,3)31(30)37)32(38)36-21-19-35(20-22-36)18-8-11-25-9-6-5-7-10-25/h5-17,23,30-31,34,37H,4,18-22H2,1-3H3/t30-,31+/m1/s1. The summed E-state index contributed by atoms with van der Waals surface area (Å²) in [6, 6.07) is 20.9. The molecule has 2 atom stereocenters. The second kappa shape index (κ2) is 12.4. The topological polar surface area (TPSA) is 99.2 Å². The predicted molar refractivity (Wildman–Crippen MR) is 164 cm³/mol. The fourth-order valence-corrected chi connectivity index (χ4v) is 6.64. The Morgan fingerprint density at radius 1 is 1.02 bits per heavy atom. The molecule has 1 saturated heterocycles. The minimum absolute atomic E-state index is 0.112. The van der Waals surface area contributed by atoms with Crippen LogP contribution in [0.5, 0.6) is 5.75 Å². The van der Waals surface area contributed by atoms with Gasteiger partial charge < -0.3 is 14.7 Å². The van der Waals surface area contributed by atoms with Crippen molar-refractivity contribution < 1.29 is 23.1 Å². The van der Waals surface area contributed by atoms with Crippen LogP contribution in [0.4, 0.5) is 0 Å². The number of carbonyl (C=O) groups excluding carboxylic acids is 1. The Morgan fingerprint density at radius 3 is 2.38 bits per heavy atom. The molecule has 0 bridgehead atoms. The van der Waals surface area contributed by atoms with E-state index in [-0.39, 0.29) is 10.8 Å². The van der Waals surface area contributed by atoms with Crippen molar-refractivity contribution in [1.29, 1.82) is 0 Å². The maximum Gasteiger partial charge on any atom is 0.253 e. The number of aliphatic hydroxyl groups is 1. The van der Waals surface area contributed by atoms with E-state index in [2.05, 4.69) is 33.9 Å². The van der Waals surface area contributed by atoms with Gasteiger partial charge in [-0.15, -0.1) is 0 Å². The molecular formula is C33H39N3O5S. The van der Waals surface area contributed by atoms with Crippen LogP contribution in [-0.2, 0) is 16.4 Å². The Bertz CT molecular complexity index is 1530. The van der Waals surface area contributed by atoms with Gasteiger partial charge in [-0.2, -0.15) is 0 Å². The van der Waals surface area contributed by atoms with Crippen LogP contribution in [0.15, 0.2) is 83.8 Å². The summed E-state index contributed by atoms with van der Waals surface area (Å²) in [5.41, 5.74) is 2.00. The number of amides is 1. The van der Waals surface area contributed by atoms with Crippen LogP contribution >= 0.6 is 0 Å². The highest BCUT2D eigenvalue weighted by Crippen LogP contribution is 2.41. The lowest BCUT2D eigenvalue weighted by Crippen LogP contribution is -2.53. The number of benzene rings is 3. The number of carbonyl (C=O) groups is 1. The normalized spacial score (nSPS) is 20.7. The molecule has 3 aromatic carbocycles. The second-order valence-corrected chi connectivity index (χ2v) is 13.1. The molecule has 0 radical (unpaired) electrons. The van der Waals surface area contributed by atoms with Gasteiger partial charge in [-0.1, -0.05) is 61.5 Å². The number of nitrogens with zero attached hydrogens (tertiary/aromatic N) is 2. The first-order chi connectivity index (χ1) is 20.1. The maximum absolute atomic E-state index is 13.5. The van der Waals surface area contributed by atoms with Crippen LogP contribution in [0.2, 0.25) is 0 Å². The van der Waals surface area contributed by atoms with Crippen LogP contribution in [-0.4, -0.2) is 73.7 Å². The molecular weight excluding hydrogens is 550 g/mol. The van der Waals surface area contributed by atoms with Crippen molar-refractivity contribution in [2.45, 2.75) is 49.8 Å². The Labute approximate surface area is 248 Å². The minimum Gasteiger partial charge on any atom is -0.485 e. The third-order valence-electron chi connectivity index (χ3n) is 8.05. The van der Waals surface area contributed by atoms with Gasteiger partial charge in [-0.05, 0) is 61.7 Å². The molecule has 1 fully saturated rings. The number of nitrogens with one attached hydrogen (secondary N) is 1. The SMILES string of the molecule is CCc1ccc(S(=O)(=O)N[C@@H]2c3cc(C(=O)N4CCN(CC=Cc5ccccc5)CC4)ccc3OC(C)(C)[C@H]2O)cc1. The van der Waals surface area contributed by atoms with Gasteiger partial charge in [0.05, 0.1) is 10.9 Å². The predicted octanol–water partition coefficient (Wildman–Crippen LogP) is 4.27. The average molecular weight is 590 g/mol. The van der Waals surface area contributed by atoms with Gasteiger partial charge in [0.25, 0.3) is 5.91 Å². The van der Waals surface area contributed by atoms with Crippen LogP contribution in [0, 0.1) is 0 Å². The monoisotopic (exact) mass is 589 g/mol. The van der Waals surface area contributed by atoms with Gasteiger partial charge in [-0.3, -0.25) is 9.69 Å². The number of aryl methyl sites for hydroxylation is 1. The van der Waals surface area contributed by atoms with Gasteiger partial charge in [-0.25, -0.2) is 13.1 Å². The lowest BCUT2D eigenvalue weighted by Gasteiger charge is -2.42. The molecule has 42 heavy (non-hydrogen) atoms. The third-order valence-corrected chi connectivity index (χ3v) is 9.51. The summed E-state index contributed by atoms with van der Waals surface area (Å²) in [7, 11) is -3.97. The van der Waals surface area contributed by atoms with E-state index in [0.717, 1.165) is 37.2 Å². The van der Waals surface area contributed by atoms with E-state index in [4.69, 9.17) is 4.74 Å². The first-order valence-corrected chi connectivity index (χ1v) is 15.9. The molecule has 8 nitrogen and oxygen atoms in total. The van der Waals surface area contributed by atoms with Crippen molar-refractivity contribution in [2.24, 2.45) is 0 Å². The molecule has 2 aliphatic rings. The highest BCUT2D eigenvalue weighted by molar-refractivity contribution is 7.89. The molecule has 222 valence electrons. The molecule has 9 heteroatoms. The fraction of sp³-hybridized carbons (Fsp3) is 0.364. The summed E-state index contributed by atoms with van der Waals surface area (Å²) >= 11 is 0. The van der Waals surface area contributed by atoms with E-state index in [9.17, 15) is 18.3 Å². The molecule has 5 rings (SSSR count). The van der Waals surface area contributed by atoms with Crippen molar-refractivity contribution >= 4 is 22.0 Å². The fourth-order valence-electron chi connectivity index (χ4n) is 5.42. The minimum atomic E-state index is -3.97. The quantitative estimate of drug-likeness (QED) is 0.407. The number of rotatable bonds is 8. The number of hydrogen-bond acceptors (Lipinski definition) is 6. The van der Waals surface area contributed by atoms with Gasteiger partial charge >= 0.3 is 0 Å². The number of ether oxygens (including phenoxy) is 1. The van der Waals surface area contributed by atoms with Gasteiger partial charge in [0.2, 0.25) is 10.0 Å². The van der Waals surface area contributed by atoms with E-state index >= 15 is 0 Å². The van der Waals surface area contributed by atoms with E-state index in [1.54, 1.807) is 56.3 Å². The second-order valence-electron chi connectivity index (χ2n) is 11.4. The molecule has 1 amide bonds. The largest absolute Gasteiger partial charge is 0.485 e. The first-order valence-electron chi connectivity index (χ1n) is 14.4. The molecule has 0 spiro atoms. The highest BCUT2D eigenvalue weighted by Gasteiger charge is 2.45. The molecule has 0 aliphatic carbocycles. The summed E-state index contributed by atoms with van der Waals surface area (Å²) in [4.78, 5) is 17.8. The third kappa shape index (κ3) is 6.60. The summed E-state index contributed by atoms with van der Waals surface area (Å²) in [6.45, 7) is 8.93. The van der Waals surface area contributed by atoms with Crippen LogP contribution in [0.3, 0.4) is 0 Å². The molecule has 0 aromatic heterocycles. The Kier molecular flexibility index (Phi) is 8.84. The van der Waals surface area contributed by atoms with Gasteiger partial charge in [0.15, 0.2) is 0 Å². The van der Waals surface area contributed by atoms with E-state index in [1.807, 2.05) is 30.0 Å². The van der Waals surface area contributed by atoms with Crippen molar-refractivity contribution in [2.75, 3.05) is 32.7 Å². The Balaban J connectivity index is 1.30. The van der Waals surface area contributed by atoms with E-state index in [1.165, 1.54) is 0 Å². The number of sulfonamides is 1. The number of fused-ring (bicyclic) bond motifs is 1. The highest BCUT2D eigenvalue weighted by atomic mass is 32.2. The summed E-state index contributed by atoms with van der Waals surface area (Å²) in [5, 5.41) is 11.2. The molecule has 2 N–H and O–H groups in total. The van der Waals surface area contributed by atoms with Crippen molar-refractivity contribution in [3.8, 4) is 5.75 Å². The van der Waals surface area contributed by atoms with Crippen LogP contribution in [0.1, 0.15) is 53.9 Å². The Morgan fingerprint density at radius 2 is 1.71 bits per heavy atom. The average Bonchev–Trinajstić information content (AvgIpc) is 3.00. The summed E-state index contributed by atoms with van der Waals surface area (Å²) in [6.07, 6.45) is 3.86. The molecule has 3 aromatic rings. The zero-order valence-corrected chi connectivity index (χ0v) is 25.2. The molecule has 2 heterocycles. The van der Waals surface area contributed by atoms with E-state index < -0.39 is 27.8 Å². The summed E-state index contributed by atoms with van der Waals surface area (Å²) in [5.74, 6) is 0.305. The number of hydrogen-bond donors (Lipinski definition) is 2. The van der Waals surface area contributed by atoms with E-state index in [0.29, 0.717) is 30.0 Å². The van der Waals surface area contributed by atoms with Crippen molar-refractivity contribution in [1.82, 2.24) is 14.5 Å². The van der Waals surface area contributed by atoms with Crippen LogP contribution in [0.25, 0.3) is 6.08 Å². The maximum atomic E-state index is 13.5. The molecule has 2 aliphatic heterocycles. The first kappa shape index (κ1) is 30.0.